The van der Waals surface area contributed by atoms with Gasteiger partial charge in [0.1, 0.15) is 0 Å². The second-order valence-corrected chi connectivity index (χ2v) is 6.15. The minimum Gasteiger partial charge on any atom is -0.298 e. The highest BCUT2D eigenvalue weighted by Gasteiger charge is 2.07. The zero-order chi connectivity index (χ0) is 15.2. The third kappa shape index (κ3) is 3.90. The van der Waals surface area contributed by atoms with E-state index in [2.05, 4.69) is 20.3 Å². The predicted molar refractivity (Wildman–Crippen MR) is 88.1 cm³/mol. The van der Waals surface area contributed by atoms with E-state index < -0.39 is 0 Å². The van der Waals surface area contributed by atoms with Crippen LogP contribution in [0.1, 0.15) is 15.9 Å². The van der Waals surface area contributed by atoms with Crippen LogP contribution in [0.15, 0.2) is 59.5 Å². The highest BCUT2D eigenvalue weighted by molar-refractivity contribution is 7.98. The molecule has 2 aromatic heterocycles. The van der Waals surface area contributed by atoms with Gasteiger partial charge in [-0.1, -0.05) is 23.9 Å². The smallest absolute Gasteiger partial charge is 0.257 e. The maximum atomic E-state index is 12.0. The van der Waals surface area contributed by atoms with Gasteiger partial charge in [0.2, 0.25) is 0 Å². The van der Waals surface area contributed by atoms with Crippen LogP contribution in [0, 0.1) is 0 Å². The fourth-order valence-electron chi connectivity index (χ4n) is 1.71. The zero-order valence-electron chi connectivity index (χ0n) is 11.5. The van der Waals surface area contributed by atoms with Gasteiger partial charge < -0.3 is 0 Å². The van der Waals surface area contributed by atoms with Crippen LogP contribution < -0.4 is 5.32 Å². The number of thiazole rings is 1. The van der Waals surface area contributed by atoms with E-state index in [1.807, 2.05) is 29.6 Å². The molecule has 1 N–H and O–H groups in total. The molecule has 1 amide bonds. The number of anilines is 1. The molecule has 1 aromatic carbocycles. The summed E-state index contributed by atoms with van der Waals surface area (Å²) in [6.45, 7) is 0. The number of nitrogens with zero attached hydrogens (tertiary/aromatic N) is 3. The van der Waals surface area contributed by atoms with Crippen molar-refractivity contribution >= 4 is 34.1 Å². The number of benzene rings is 1. The summed E-state index contributed by atoms with van der Waals surface area (Å²) in [6.07, 6.45) is 5.11. The first-order valence-corrected chi connectivity index (χ1v) is 8.37. The largest absolute Gasteiger partial charge is 0.298 e. The van der Waals surface area contributed by atoms with Gasteiger partial charge in [-0.05, 0) is 23.8 Å². The highest BCUT2D eigenvalue weighted by Crippen LogP contribution is 2.19. The van der Waals surface area contributed by atoms with Gasteiger partial charge in [-0.3, -0.25) is 10.1 Å². The number of hydrogen-bond donors (Lipinski definition) is 1. The van der Waals surface area contributed by atoms with Crippen LogP contribution >= 0.6 is 23.1 Å². The zero-order valence-corrected chi connectivity index (χ0v) is 13.1. The molecule has 0 spiro atoms. The monoisotopic (exact) mass is 328 g/mol. The van der Waals surface area contributed by atoms with Gasteiger partial charge in [-0.25, -0.2) is 15.0 Å². The molecule has 0 unspecified atom stereocenters. The minimum absolute atomic E-state index is 0.152. The van der Waals surface area contributed by atoms with E-state index in [-0.39, 0.29) is 5.91 Å². The molecule has 2 heterocycles. The average molecular weight is 328 g/mol. The maximum absolute atomic E-state index is 12.0. The van der Waals surface area contributed by atoms with Crippen molar-refractivity contribution < 1.29 is 4.79 Å². The molecule has 0 aliphatic rings. The van der Waals surface area contributed by atoms with E-state index in [1.54, 1.807) is 36.4 Å². The Morgan fingerprint density at radius 2 is 1.86 bits per heavy atom. The van der Waals surface area contributed by atoms with Crippen LogP contribution in [0.3, 0.4) is 0 Å². The molecule has 0 bridgehead atoms. The average Bonchev–Trinajstić information content (AvgIpc) is 3.07. The van der Waals surface area contributed by atoms with Gasteiger partial charge in [0.15, 0.2) is 10.3 Å². The van der Waals surface area contributed by atoms with Gasteiger partial charge in [-0.2, -0.15) is 0 Å². The van der Waals surface area contributed by atoms with Crippen LogP contribution in [0.5, 0.6) is 0 Å². The quantitative estimate of drug-likeness (QED) is 0.574. The number of nitrogens with one attached hydrogen (secondary N) is 1. The van der Waals surface area contributed by atoms with E-state index in [1.165, 1.54) is 11.3 Å². The molecule has 0 aliphatic heterocycles. The Hall–Kier alpha value is -2.25. The molecule has 0 saturated heterocycles. The van der Waals surface area contributed by atoms with Crippen LogP contribution in [0.2, 0.25) is 0 Å². The van der Waals surface area contributed by atoms with Gasteiger partial charge in [0.25, 0.3) is 5.91 Å². The molecule has 22 heavy (non-hydrogen) atoms. The Morgan fingerprint density at radius 3 is 2.55 bits per heavy atom. The first-order valence-electron chi connectivity index (χ1n) is 6.51. The molecule has 3 aromatic rings. The van der Waals surface area contributed by atoms with Crippen molar-refractivity contribution in [3.63, 3.8) is 0 Å². The lowest BCUT2D eigenvalue weighted by atomic mass is 10.1. The molecular formula is C15H12N4OS2. The molecule has 0 fully saturated rings. The molecule has 0 saturated carbocycles. The lowest BCUT2D eigenvalue weighted by molar-refractivity contribution is 0.102. The van der Waals surface area contributed by atoms with E-state index >= 15 is 0 Å². The van der Waals surface area contributed by atoms with Gasteiger partial charge >= 0.3 is 0 Å². The molecule has 3 rings (SSSR count). The number of thioether (sulfide) groups is 1. The van der Waals surface area contributed by atoms with Crippen LogP contribution in [-0.4, -0.2) is 20.9 Å². The first-order chi connectivity index (χ1) is 10.8. The van der Waals surface area contributed by atoms with Crippen molar-refractivity contribution in [2.75, 3.05) is 5.32 Å². The summed E-state index contributed by atoms with van der Waals surface area (Å²) in [5.41, 5.74) is 1.73. The number of aromatic nitrogens is 3. The molecule has 7 heteroatoms. The normalized spacial score (nSPS) is 10.4. The number of carbonyl (C=O) groups is 1. The molecular weight excluding hydrogens is 316 g/mol. The van der Waals surface area contributed by atoms with Crippen molar-refractivity contribution in [2.45, 2.75) is 10.9 Å². The molecule has 0 aliphatic carbocycles. The third-order valence-corrected chi connectivity index (χ3v) is 4.41. The number of hydrogen-bond acceptors (Lipinski definition) is 6. The molecule has 0 radical (unpaired) electrons. The number of carbonyl (C=O) groups excluding carboxylic acids is 1. The summed E-state index contributed by atoms with van der Waals surface area (Å²) in [5.74, 6) is 0.610. The molecule has 110 valence electrons. The second kappa shape index (κ2) is 7.15. The summed E-state index contributed by atoms with van der Waals surface area (Å²) >= 11 is 2.95. The first kappa shape index (κ1) is 14.7. The van der Waals surface area contributed by atoms with Crippen LogP contribution in [0.25, 0.3) is 0 Å². The van der Waals surface area contributed by atoms with Crippen molar-refractivity contribution in [1.82, 2.24) is 15.0 Å². The van der Waals surface area contributed by atoms with E-state index in [9.17, 15) is 4.79 Å². The molecule has 0 atom stereocenters. The minimum atomic E-state index is -0.152. The van der Waals surface area contributed by atoms with Gasteiger partial charge in [-0.15, -0.1) is 11.3 Å². The molecule has 5 nitrogen and oxygen atoms in total. The SMILES string of the molecule is O=C(Nc1nccs1)c1ccc(CSc2ncccn2)cc1. The summed E-state index contributed by atoms with van der Waals surface area (Å²) in [7, 11) is 0. The maximum Gasteiger partial charge on any atom is 0.257 e. The van der Waals surface area contributed by atoms with Gasteiger partial charge in [0, 0.05) is 35.3 Å². The Kier molecular flexibility index (Phi) is 4.77. The second-order valence-electron chi connectivity index (χ2n) is 4.31. The van der Waals surface area contributed by atoms with Crippen LogP contribution in [0.4, 0.5) is 5.13 Å². The lowest BCUT2D eigenvalue weighted by Crippen LogP contribution is -2.11. The Bertz CT molecular complexity index is 730. The fraction of sp³-hybridized carbons (Fsp3) is 0.0667. The van der Waals surface area contributed by atoms with Gasteiger partial charge in [0.05, 0.1) is 0 Å². The topological polar surface area (TPSA) is 67.8 Å². The summed E-state index contributed by atoms with van der Waals surface area (Å²) in [6, 6.07) is 9.29. The summed E-state index contributed by atoms with van der Waals surface area (Å²) in [5, 5.41) is 5.93. The fourth-order valence-corrected chi connectivity index (χ4v) is 3.00. The van der Waals surface area contributed by atoms with Crippen molar-refractivity contribution in [1.29, 1.82) is 0 Å². The van der Waals surface area contributed by atoms with Crippen molar-refractivity contribution in [2.24, 2.45) is 0 Å². The van der Waals surface area contributed by atoms with E-state index in [4.69, 9.17) is 0 Å². The van der Waals surface area contributed by atoms with Crippen molar-refractivity contribution in [3.8, 4) is 0 Å². The number of rotatable bonds is 5. The predicted octanol–water partition coefficient (Wildman–Crippen LogP) is 3.48. The lowest BCUT2D eigenvalue weighted by Gasteiger charge is -2.04. The Labute approximate surface area is 135 Å². The standard InChI is InChI=1S/C15H12N4OS2/c20-13(19-15-18-8-9-21-15)12-4-2-11(3-5-12)10-22-14-16-6-1-7-17-14/h1-9H,10H2,(H,18,19,20). The van der Waals surface area contributed by atoms with Crippen LogP contribution in [-0.2, 0) is 5.75 Å². The van der Waals surface area contributed by atoms with E-state index in [0.717, 1.165) is 16.5 Å². The Morgan fingerprint density at radius 1 is 1.09 bits per heavy atom. The Balaban J connectivity index is 1.59. The van der Waals surface area contributed by atoms with Crippen molar-refractivity contribution in [3.05, 3.63) is 65.4 Å². The summed E-state index contributed by atoms with van der Waals surface area (Å²) in [4.78, 5) is 24.4. The summed E-state index contributed by atoms with van der Waals surface area (Å²) < 4.78 is 0. The number of amides is 1. The van der Waals surface area contributed by atoms with E-state index in [0.29, 0.717) is 10.7 Å². The highest BCUT2D eigenvalue weighted by atomic mass is 32.2. The third-order valence-electron chi connectivity index (χ3n) is 2.78.